The predicted octanol–water partition coefficient (Wildman–Crippen LogP) is -1.70. The van der Waals surface area contributed by atoms with Crippen molar-refractivity contribution in [3.8, 4) is 0 Å². The number of hydrogen-bond acceptors (Lipinski definition) is 4. The summed E-state index contributed by atoms with van der Waals surface area (Å²) in [4.78, 5) is 34.5. The number of carbonyl (C=O) groups excluding carboxylic acids is 3. The zero-order valence-electron chi connectivity index (χ0n) is 10.0. The van der Waals surface area contributed by atoms with Gasteiger partial charge in [0.25, 0.3) is 0 Å². The van der Waals surface area contributed by atoms with Gasteiger partial charge in [0.2, 0.25) is 17.7 Å². The lowest BCUT2D eigenvalue weighted by atomic mass is 10.1. The van der Waals surface area contributed by atoms with Gasteiger partial charge in [0.05, 0.1) is 19.0 Å². The molecule has 0 radical (unpaired) electrons. The van der Waals surface area contributed by atoms with E-state index in [1.165, 1.54) is 4.90 Å². The van der Waals surface area contributed by atoms with Crippen LogP contribution in [0.1, 0.15) is 26.2 Å². The standard InChI is InChI=1S/C10H20N4O3/c1-2-3-4-14(6-9(13)16)10(17)7(11)5-8(12)15/h7H,2-6,11H2,1H3,(H2,12,15)(H2,13,16). The number of primary amides is 2. The van der Waals surface area contributed by atoms with Crippen LogP contribution < -0.4 is 17.2 Å². The van der Waals surface area contributed by atoms with Crippen LogP contribution in [0.15, 0.2) is 0 Å². The molecule has 0 aliphatic rings. The van der Waals surface area contributed by atoms with Gasteiger partial charge in [-0.05, 0) is 6.42 Å². The number of rotatable bonds is 8. The zero-order chi connectivity index (χ0) is 13.4. The Morgan fingerprint density at radius 3 is 2.18 bits per heavy atom. The molecule has 17 heavy (non-hydrogen) atoms. The SMILES string of the molecule is CCCCN(CC(N)=O)C(=O)C(N)CC(N)=O. The summed E-state index contributed by atoms with van der Waals surface area (Å²) in [6.45, 7) is 2.16. The molecule has 0 aromatic rings. The van der Waals surface area contributed by atoms with E-state index in [0.29, 0.717) is 6.54 Å². The molecule has 98 valence electrons. The van der Waals surface area contributed by atoms with Crippen LogP contribution in [-0.4, -0.2) is 41.8 Å². The molecule has 1 unspecified atom stereocenters. The average molecular weight is 244 g/mol. The largest absolute Gasteiger partial charge is 0.370 e. The van der Waals surface area contributed by atoms with Crippen LogP contribution in [-0.2, 0) is 14.4 Å². The van der Waals surface area contributed by atoms with Crippen molar-refractivity contribution >= 4 is 17.7 Å². The predicted molar refractivity (Wildman–Crippen MR) is 62.5 cm³/mol. The molecule has 0 aromatic heterocycles. The van der Waals surface area contributed by atoms with Crippen LogP contribution in [0.4, 0.5) is 0 Å². The van der Waals surface area contributed by atoms with Gasteiger partial charge in [-0.2, -0.15) is 0 Å². The van der Waals surface area contributed by atoms with Crippen molar-refractivity contribution in [2.45, 2.75) is 32.2 Å². The smallest absolute Gasteiger partial charge is 0.240 e. The van der Waals surface area contributed by atoms with Crippen LogP contribution in [0, 0.1) is 0 Å². The molecule has 0 aliphatic carbocycles. The summed E-state index contributed by atoms with van der Waals surface area (Å²) in [7, 11) is 0. The van der Waals surface area contributed by atoms with E-state index in [9.17, 15) is 14.4 Å². The van der Waals surface area contributed by atoms with Crippen molar-refractivity contribution in [3.05, 3.63) is 0 Å². The number of hydrogen-bond donors (Lipinski definition) is 3. The van der Waals surface area contributed by atoms with Gasteiger partial charge >= 0.3 is 0 Å². The van der Waals surface area contributed by atoms with E-state index in [0.717, 1.165) is 12.8 Å². The maximum atomic E-state index is 11.8. The van der Waals surface area contributed by atoms with Gasteiger partial charge in [-0.1, -0.05) is 13.3 Å². The molecule has 7 heteroatoms. The van der Waals surface area contributed by atoms with Crippen molar-refractivity contribution in [2.24, 2.45) is 17.2 Å². The highest BCUT2D eigenvalue weighted by molar-refractivity contribution is 5.90. The second-order valence-corrected chi connectivity index (χ2v) is 3.86. The Balaban J connectivity index is 4.49. The molecule has 3 amide bonds. The summed E-state index contributed by atoms with van der Waals surface area (Å²) >= 11 is 0. The van der Waals surface area contributed by atoms with Gasteiger partial charge in [0.1, 0.15) is 0 Å². The van der Waals surface area contributed by atoms with E-state index >= 15 is 0 Å². The summed E-state index contributed by atoms with van der Waals surface area (Å²) in [5.74, 6) is -1.74. The van der Waals surface area contributed by atoms with E-state index in [1.54, 1.807) is 0 Å². The molecule has 7 nitrogen and oxygen atoms in total. The Hall–Kier alpha value is -1.63. The normalized spacial score (nSPS) is 11.9. The van der Waals surface area contributed by atoms with Crippen LogP contribution in [0.25, 0.3) is 0 Å². The molecule has 0 aliphatic heterocycles. The van der Waals surface area contributed by atoms with Crippen molar-refractivity contribution in [2.75, 3.05) is 13.1 Å². The maximum absolute atomic E-state index is 11.8. The molecule has 0 rings (SSSR count). The number of nitrogens with two attached hydrogens (primary N) is 3. The highest BCUT2D eigenvalue weighted by atomic mass is 16.2. The lowest BCUT2D eigenvalue weighted by molar-refractivity contribution is -0.137. The molecule has 1 atom stereocenters. The maximum Gasteiger partial charge on any atom is 0.240 e. The summed E-state index contributed by atoms with van der Waals surface area (Å²) in [6, 6.07) is -1.01. The van der Waals surface area contributed by atoms with E-state index in [-0.39, 0.29) is 13.0 Å². The fourth-order valence-corrected chi connectivity index (χ4v) is 1.34. The molecular weight excluding hydrogens is 224 g/mol. The van der Waals surface area contributed by atoms with Crippen LogP contribution in [0.5, 0.6) is 0 Å². The summed E-state index contributed by atoms with van der Waals surface area (Å²) in [5, 5.41) is 0. The fraction of sp³-hybridized carbons (Fsp3) is 0.700. The first-order valence-corrected chi connectivity index (χ1v) is 5.49. The molecule has 0 fully saturated rings. The molecule has 0 bridgehead atoms. The lowest BCUT2D eigenvalue weighted by Gasteiger charge is -2.23. The van der Waals surface area contributed by atoms with Gasteiger partial charge in [-0.25, -0.2) is 0 Å². The third-order valence-corrected chi connectivity index (χ3v) is 2.18. The Morgan fingerprint density at radius 1 is 1.18 bits per heavy atom. The second kappa shape index (κ2) is 7.61. The summed E-state index contributed by atoms with van der Waals surface area (Å²) in [6.07, 6.45) is 1.37. The second-order valence-electron chi connectivity index (χ2n) is 3.86. The number of carbonyl (C=O) groups is 3. The van der Waals surface area contributed by atoms with E-state index in [1.807, 2.05) is 6.92 Å². The van der Waals surface area contributed by atoms with E-state index < -0.39 is 23.8 Å². The zero-order valence-corrected chi connectivity index (χ0v) is 10.0. The monoisotopic (exact) mass is 244 g/mol. The van der Waals surface area contributed by atoms with Gasteiger partial charge in [-0.3, -0.25) is 14.4 Å². The first-order chi connectivity index (χ1) is 7.88. The van der Waals surface area contributed by atoms with Crippen molar-refractivity contribution < 1.29 is 14.4 Å². The quantitative estimate of drug-likeness (QED) is 0.469. The third kappa shape index (κ3) is 6.52. The van der Waals surface area contributed by atoms with Crippen LogP contribution in [0.3, 0.4) is 0 Å². The Kier molecular flexibility index (Phi) is 6.88. The molecule has 0 spiro atoms. The Bertz CT molecular complexity index is 293. The minimum absolute atomic E-state index is 0.189. The lowest BCUT2D eigenvalue weighted by Crippen LogP contribution is -2.48. The first kappa shape index (κ1) is 15.4. The summed E-state index contributed by atoms with van der Waals surface area (Å²) in [5.41, 5.74) is 15.5. The minimum Gasteiger partial charge on any atom is -0.370 e. The van der Waals surface area contributed by atoms with Gasteiger partial charge < -0.3 is 22.1 Å². The average Bonchev–Trinajstić information content (AvgIpc) is 2.21. The molecule has 0 aromatic carbocycles. The number of amides is 3. The van der Waals surface area contributed by atoms with Crippen molar-refractivity contribution in [1.82, 2.24) is 4.90 Å². The topological polar surface area (TPSA) is 133 Å². The molecule has 0 heterocycles. The van der Waals surface area contributed by atoms with Crippen molar-refractivity contribution in [3.63, 3.8) is 0 Å². The van der Waals surface area contributed by atoms with Gasteiger partial charge in [0.15, 0.2) is 0 Å². The van der Waals surface area contributed by atoms with E-state index in [2.05, 4.69) is 0 Å². The summed E-state index contributed by atoms with van der Waals surface area (Å²) < 4.78 is 0. The molecule has 0 saturated carbocycles. The third-order valence-electron chi connectivity index (χ3n) is 2.18. The molecular formula is C10H20N4O3. The highest BCUT2D eigenvalue weighted by Crippen LogP contribution is 2.00. The molecule has 0 saturated heterocycles. The highest BCUT2D eigenvalue weighted by Gasteiger charge is 2.23. The number of unbranched alkanes of at least 4 members (excludes halogenated alkanes) is 1. The Morgan fingerprint density at radius 2 is 1.76 bits per heavy atom. The fourth-order valence-electron chi connectivity index (χ4n) is 1.34. The first-order valence-electron chi connectivity index (χ1n) is 5.49. The number of nitrogens with zero attached hydrogens (tertiary/aromatic N) is 1. The van der Waals surface area contributed by atoms with Crippen molar-refractivity contribution in [1.29, 1.82) is 0 Å². The minimum atomic E-state index is -1.01. The van der Waals surface area contributed by atoms with E-state index in [4.69, 9.17) is 17.2 Å². The van der Waals surface area contributed by atoms with Gasteiger partial charge in [0, 0.05) is 6.54 Å². The van der Waals surface area contributed by atoms with Crippen LogP contribution in [0.2, 0.25) is 0 Å². The van der Waals surface area contributed by atoms with Gasteiger partial charge in [-0.15, -0.1) is 0 Å². The Labute approximate surface area is 100 Å². The van der Waals surface area contributed by atoms with Crippen LogP contribution >= 0.6 is 0 Å². The molecule has 6 N–H and O–H groups in total.